The highest BCUT2D eigenvalue weighted by atomic mass is 35.5. The molecule has 0 aliphatic heterocycles. The average Bonchev–Trinajstić information content (AvgIpc) is 3.53. The van der Waals surface area contributed by atoms with Gasteiger partial charge in [0.25, 0.3) is 0 Å². The van der Waals surface area contributed by atoms with Crippen LogP contribution in [0.5, 0.6) is 5.75 Å². The number of ether oxygens (including phenoxy) is 1. The molecule has 0 saturated carbocycles. The van der Waals surface area contributed by atoms with E-state index in [1.807, 2.05) is 28.8 Å². The molecule has 0 unspecified atom stereocenters. The third-order valence-corrected chi connectivity index (χ3v) is 6.80. The Morgan fingerprint density at radius 3 is 2.60 bits per heavy atom. The maximum absolute atomic E-state index is 12.6. The highest BCUT2D eigenvalue weighted by Gasteiger charge is 2.16. The van der Waals surface area contributed by atoms with Crippen molar-refractivity contribution in [1.82, 2.24) is 14.8 Å². The maximum Gasteiger partial charge on any atom is 0.234 e. The molecule has 0 radical (unpaired) electrons. The molecule has 0 bridgehead atoms. The molecule has 4 rings (SSSR count). The summed E-state index contributed by atoms with van der Waals surface area (Å²) in [5.74, 6) is 2.63. The van der Waals surface area contributed by atoms with E-state index in [1.165, 1.54) is 17.3 Å². The number of rotatable bonds is 11. The lowest BCUT2D eigenvalue weighted by atomic mass is 9.99. The smallest absolute Gasteiger partial charge is 0.234 e. The minimum absolute atomic E-state index is 0.113. The molecule has 1 atom stereocenters. The largest absolute Gasteiger partial charge is 0.486 e. The Bertz CT molecular complexity index is 1220. The van der Waals surface area contributed by atoms with Crippen LogP contribution in [0, 0.1) is 0 Å². The summed E-state index contributed by atoms with van der Waals surface area (Å²) < 4.78 is 13.3. The van der Waals surface area contributed by atoms with Crippen LogP contribution in [0.4, 0.5) is 5.69 Å². The van der Waals surface area contributed by atoms with Crippen LogP contribution in [0.2, 0.25) is 5.02 Å². The molecule has 2 heterocycles. The molecular weight excluding hydrogens is 484 g/mol. The van der Waals surface area contributed by atoms with E-state index in [0.29, 0.717) is 34.2 Å². The van der Waals surface area contributed by atoms with Crippen LogP contribution in [0.3, 0.4) is 0 Å². The van der Waals surface area contributed by atoms with Gasteiger partial charge in [0.15, 0.2) is 11.0 Å². The molecule has 7 nitrogen and oxygen atoms in total. The zero-order valence-corrected chi connectivity index (χ0v) is 21.2. The zero-order chi connectivity index (χ0) is 24.6. The van der Waals surface area contributed by atoms with Gasteiger partial charge in [0.05, 0.1) is 18.6 Å². The Labute approximate surface area is 213 Å². The SMILES string of the molecule is CC[C@H](C)c1ccc(NC(=O)CSc2nnc(COc3ccc(Cl)cc3)n2Cc2ccco2)cc1. The third kappa shape index (κ3) is 6.90. The van der Waals surface area contributed by atoms with E-state index < -0.39 is 0 Å². The standard InChI is InChI=1S/C26H27ClN4O3S/c1-3-18(2)19-6-10-21(11-7-19)28-25(32)17-35-26-30-29-24(31(26)15-23-5-4-14-33-23)16-34-22-12-8-20(27)9-13-22/h4-14,18H,3,15-17H2,1-2H3,(H,28,32)/t18-/m0/s1. The van der Waals surface area contributed by atoms with Crippen molar-refractivity contribution in [3.8, 4) is 5.75 Å². The first-order valence-corrected chi connectivity index (χ1v) is 12.7. The van der Waals surface area contributed by atoms with Crippen LogP contribution in [-0.4, -0.2) is 26.4 Å². The zero-order valence-electron chi connectivity index (χ0n) is 19.6. The number of benzene rings is 2. The summed E-state index contributed by atoms with van der Waals surface area (Å²) in [7, 11) is 0. The van der Waals surface area contributed by atoms with E-state index in [4.69, 9.17) is 20.8 Å². The minimum Gasteiger partial charge on any atom is -0.486 e. The van der Waals surface area contributed by atoms with Crippen molar-refractivity contribution >= 4 is 35.0 Å². The van der Waals surface area contributed by atoms with Crippen LogP contribution in [0.25, 0.3) is 0 Å². The second kappa shape index (κ2) is 12.0. The lowest BCUT2D eigenvalue weighted by molar-refractivity contribution is -0.113. The number of aromatic nitrogens is 3. The summed E-state index contributed by atoms with van der Waals surface area (Å²) in [6, 6.07) is 18.8. The number of halogens is 1. The van der Waals surface area contributed by atoms with Gasteiger partial charge < -0.3 is 14.5 Å². The molecule has 9 heteroatoms. The number of hydrogen-bond donors (Lipinski definition) is 1. The third-order valence-electron chi connectivity index (χ3n) is 5.58. The Morgan fingerprint density at radius 1 is 1.14 bits per heavy atom. The Hall–Kier alpha value is -3.23. The Kier molecular flexibility index (Phi) is 8.50. The van der Waals surface area contributed by atoms with Crippen molar-refractivity contribution in [2.45, 2.75) is 44.5 Å². The summed E-state index contributed by atoms with van der Waals surface area (Å²) in [5, 5.41) is 12.8. The Morgan fingerprint density at radius 2 is 1.91 bits per heavy atom. The lowest BCUT2D eigenvalue weighted by Gasteiger charge is -2.11. The van der Waals surface area contributed by atoms with Gasteiger partial charge in [-0.25, -0.2) is 0 Å². The molecule has 0 spiro atoms. The van der Waals surface area contributed by atoms with Crippen LogP contribution in [-0.2, 0) is 17.9 Å². The van der Waals surface area contributed by atoms with Gasteiger partial charge in [0.1, 0.15) is 18.1 Å². The van der Waals surface area contributed by atoms with Crippen molar-refractivity contribution in [3.05, 3.63) is 89.1 Å². The molecule has 35 heavy (non-hydrogen) atoms. The number of anilines is 1. The molecular formula is C26H27ClN4O3S. The predicted molar refractivity (Wildman–Crippen MR) is 138 cm³/mol. The maximum atomic E-state index is 12.6. The fraction of sp³-hybridized carbons (Fsp3) is 0.269. The summed E-state index contributed by atoms with van der Waals surface area (Å²) in [6.45, 7) is 5.00. The van der Waals surface area contributed by atoms with Crippen LogP contribution in [0.1, 0.15) is 43.3 Å². The van der Waals surface area contributed by atoms with Gasteiger partial charge in [-0.05, 0) is 66.4 Å². The van der Waals surface area contributed by atoms with Gasteiger partial charge >= 0.3 is 0 Å². The predicted octanol–water partition coefficient (Wildman–Crippen LogP) is 6.40. The molecule has 0 fully saturated rings. The second-order valence-electron chi connectivity index (χ2n) is 8.08. The van der Waals surface area contributed by atoms with Crippen molar-refractivity contribution in [3.63, 3.8) is 0 Å². The molecule has 0 aliphatic rings. The van der Waals surface area contributed by atoms with Crippen LogP contribution >= 0.6 is 23.4 Å². The first-order valence-electron chi connectivity index (χ1n) is 11.4. The van der Waals surface area contributed by atoms with E-state index in [2.05, 4.69) is 41.5 Å². The summed E-state index contributed by atoms with van der Waals surface area (Å²) >= 11 is 7.26. The summed E-state index contributed by atoms with van der Waals surface area (Å²) in [4.78, 5) is 12.6. The fourth-order valence-corrected chi connectivity index (χ4v) is 4.27. The number of furan rings is 1. The molecule has 4 aromatic rings. The number of thioether (sulfide) groups is 1. The molecule has 2 aromatic heterocycles. The summed E-state index contributed by atoms with van der Waals surface area (Å²) in [5.41, 5.74) is 2.04. The second-order valence-corrected chi connectivity index (χ2v) is 9.45. The van der Waals surface area contributed by atoms with Crippen molar-refractivity contribution < 1.29 is 13.9 Å². The van der Waals surface area contributed by atoms with Crippen LogP contribution < -0.4 is 10.1 Å². The number of hydrogen-bond acceptors (Lipinski definition) is 6. The topological polar surface area (TPSA) is 82.2 Å². The number of nitrogens with one attached hydrogen (secondary N) is 1. The first-order chi connectivity index (χ1) is 17.0. The number of nitrogens with zero attached hydrogens (tertiary/aromatic N) is 3. The number of carbonyl (C=O) groups is 1. The fourth-order valence-electron chi connectivity index (χ4n) is 3.39. The highest BCUT2D eigenvalue weighted by Crippen LogP contribution is 2.23. The molecule has 2 aromatic carbocycles. The minimum atomic E-state index is -0.113. The number of carbonyl (C=O) groups excluding carboxylic acids is 1. The average molecular weight is 511 g/mol. The van der Waals surface area contributed by atoms with E-state index in [1.54, 1.807) is 30.5 Å². The van der Waals surface area contributed by atoms with E-state index in [-0.39, 0.29) is 18.3 Å². The molecule has 1 amide bonds. The number of amides is 1. The highest BCUT2D eigenvalue weighted by molar-refractivity contribution is 7.99. The van der Waals surface area contributed by atoms with Gasteiger partial charge in [-0.1, -0.05) is 49.3 Å². The monoisotopic (exact) mass is 510 g/mol. The normalized spacial score (nSPS) is 11.9. The van der Waals surface area contributed by atoms with Gasteiger partial charge in [-0.3, -0.25) is 9.36 Å². The Balaban J connectivity index is 1.40. The molecule has 0 aliphatic carbocycles. The molecule has 1 N–H and O–H groups in total. The van der Waals surface area contributed by atoms with Crippen molar-refractivity contribution in [2.75, 3.05) is 11.1 Å². The first kappa shape index (κ1) is 24.9. The molecule has 182 valence electrons. The van der Waals surface area contributed by atoms with E-state index in [9.17, 15) is 4.79 Å². The lowest BCUT2D eigenvalue weighted by Crippen LogP contribution is -2.15. The van der Waals surface area contributed by atoms with Crippen molar-refractivity contribution in [2.24, 2.45) is 0 Å². The molecule has 0 saturated heterocycles. The van der Waals surface area contributed by atoms with Crippen molar-refractivity contribution in [1.29, 1.82) is 0 Å². The van der Waals surface area contributed by atoms with Gasteiger partial charge in [0.2, 0.25) is 5.91 Å². The summed E-state index contributed by atoms with van der Waals surface area (Å²) in [6.07, 6.45) is 2.70. The van der Waals surface area contributed by atoms with Crippen LogP contribution in [0.15, 0.2) is 76.5 Å². The van der Waals surface area contributed by atoms with Gasteiger partial charge in [-0.15, -0.1) is 10.2 Å². The van der Waals surface area contributed by atoms with Gasteiger partial charge in [-0.2, -0.15) is 0 Å². The van der Waals surface area contributed by atoms with Gasteiger partial charge in [0, 0.05) is 10.7 Å². The quantitative estimate of drug-likeness (QED) is 0.235. The van der Waals surface area contributed by atoms with E-state index >= 15 is 0 Å². The van der Waals surface area contributed by atoms with E-state index in [0.717, 1.165) is 17.9 Å².